The van der Waals surface area contributed by atoms with Crippen LogP contribution in [0.5, 0.6) is 0 Å². The lowest BCUT2D eigenvalue weighted by Crippen LogP contribution is -2.27. The summed E-state index contributed by atoms with van der Waals surface area (Å²) in [5.41, 5.74) is 8.68. The monoisotopic (exact) mass is 229 g/mol. The molecule has 4 nitrogen and oxygen atoms in total. The van der Waals surface area contributed by atoms with Crippen LogP contribution in [0.25, 0.3) is 0 Å². The highest BCUT2D eigenvalue weighted by Crippen LogP contribution is 2.29. The average Bonchev–Trinajstić information content (AvgIpc) is 2.62. The lowest BCUT2D eigenvalue weighted by atomic mass is 10.1. The van der Waals surface area contributed by atoms with E-state index in [4.69, 9.17) is 11.0 Å². The minimum absolute atomic E-state index is 0.0835. The Morgan fingerprint density at radius 3 is 3.00 bits per heavy atom. The second-order valence-electron chi connectivity index (χ2n) is 4.13. The predicted octanol–water partition coefficient (Wildman–Crippen LogP) is 0.991. The van der Waals surface area contributed by atoms with Crippen LogP contribution in [0, 0.1) is 11.3 Å². The van der Waals surface area contributed by atoms with Gasteiger partial charge in [0.25, 0.3) is 0 Å². The van der Waals surface area contributed by atoms with Crippen LogP contribution >= 0.6 is 0 Å². The fraction of sp³-hybridized carbons (Fsp3) is 0.385. The summed E-state index contributed by atoms with van der Waals surface area (Å²) in [4.78, 5) is 13.5. The maximum atomic E-state index is 11.8. The fourth-order valence-electron chi connectivity index (χ4n) is 2.17. The number of anilines is 1. The number of benzene rings is 1. The molecule has 0 unspecified atom stereocenters. The Hall–Kier alpha value is -1.86. The highest BCUT2D eigenvalue weighted by Gasteiger charge is 2.26. The zero-order valence-corrected chi connectivity index (χ0v) is 9.65. The van der Waals surface area contributed by atoms with Crippen LogP contribution in [-0.4, -0.2) is 19.0 Å². The Kier molecular flexibility index (Phi) is 3.40. The molecule has 0 saturated carbocycles. The van der Waals surface area contributed by atoms with Gasteiger partial charge in [0.2, 0.25) is 5.91 Å². The molecule has 0 bridgehead atoms. The third-order valence-corrected chi connectivity index (χ3v) is 2.96. The van der Waals surface area contributed by atoms with Crippen molar-refractivity contribution in [2.24, 2.45) is 5.73 Å². The first-order valence-electron chi connectivity index (χ1n) is 5.75. The number of hydrogen-bond acceptors (Lipinski definition) is 3. The molecule has 1 aliphatic heterocycles. The van der Waals surface area contributed by atoms with Crippen molar-refractivity contribution in [3.63, 3.8) is 0 Å². The number of rotatable bonds is 4. The van der Waals surface area contributed by atoms with Crippen molar-refractivity contribution in [3.05, 3.63) is 29.3 Å². The summed E-state index contributed by atoms with van der Waals surface area (Å²) < 4.78 is 0. The Morgan fingerprint density at radius 2 is 2.29 bits per heavy atom. The molecule has 0 spiro atoms. The van der Waals surface area contributed by atoms with E-state index < -0.39 is 0 Å². The molecule has 0 saturated heterocycles. The standard InChI is InChI=1S/C13H15N3O/c14-5-1-7-16-12-3-2-10(4-6-15)8-11(12)9-13(16)17/h2-3,8H,1,4,6-7,9,15H2. The number of nitrogens with two attached hydrogens (primary N) is 1. The summed E-state index contributed by atoms with van der Waals surface area (Å²) in [6, 6.07) is 8.08. The van der Waals surface area contributed by atoms with Crippen molar-refractivity contribution in [1.82, 2.24) is 0 Å². The number of hydrogen-bond donors (Lipinski definition) is 1. The van der Waals surface area contributed by atoms with E-state index in [0.717, 1.165) is 17.7 Å². The second-order valence-corrected chi connectivity index (χ2v) is 4.13. The quantitative estimate of drug-likeness (QED) is 0.837. The first kappa shape index (κ1) is 11.6. The van der Waals surface area contributed by atoms with E-state index in [2.05, 4.69) is 6.07 Å². The highest BCUT2D eigenvalue weighted by molar-refractivity contribution is 6.01. The molecule has 2 N–H and O–H groups in total. The second kappa shape index (κ2) is 4.98. The maximum Gasteiger partial charge on any atom is 0.231 e. The van der Waals surface area contributed by atoms with Crippen LogP contribution in [-0.2, 0) is 17.6 Å². The van der Waals surface area contributed by atoms with Crippen LogP contribution in [0.15, 0.2) is 18.2 Å². The van der Waals surface area contributed by atoms with E-state index in [9.17, 15) is 4.79 Å². The molecule has 88 valence electrons. The molecule has 1 heterocycles. The maximum absolute atomic E-state index is 11.8. The van der Waals surface area contributed by atoms with Crippen LogP contribution in [0.1, 0.15) is 17.5 Å². The largest absolute Gasteiger partial charge is 0.330 e. The summed E-state index contributed by atoms with van der Waals surface area (Å²) >= 11 is 0. The summed E-state index contributed by atoms with van der Waals surface area (Å²) in [5, 5.41) is 8.57. The molecule has 1 aromatic carbocycles. The first-order chi connectivity index (χ1) is 8.26. The predicted molar refractivity (Wildman–Crippen MR) is 65.5 cm³/mol. The van der Waals surface area contributed by atoms with E-state index in [0.29, 0.717) is 25.9 Å². The van der Waals surface area contributed by atoms with Gasteiger partial charge in [-0.1, -0.05) is 12.1 Å². The van der Waals surface area contributed by atoms with Gasteiger partial charge in [-0.05, 0) is 30.2 Å². The van der Waals surface area contributed by atoms with Crippen molar-refractivity contribution >= 4 is 11.6 Å². The van der Waals surface area contributed by atoms with Gasteiger partial charge >= 0.3 is 0 Å². The normalized spacial score (nSPS) is 13.6. The third-order valence-electron chi connectivity index (χ3n) is 2.96. The number of carbonyl (C=O) groups excluding carboxylic acids is 1. The Bertz CT molecular complexity index is 476. The molecule has 17 heavy (non-hydrogen) atoms. The van der Waals surface area contributed by atoms with Crippen LogP contribution < -0.4 is 10.6 Å². The first-order valence-corrected chi connectivity index (χ1v) is 5.75. The van der Waals surface area contributed by atoms with Gasteiger partial charge in [0.15, 0.2) is 0 Å². The topological polar surface area (TPSA) is 70.1 Å². The number of amides is 1. The van der Waals surface area contributed by atoms with Crippen molar-refractivity contribution in [2.75, 3.05) is 18.0 Å². The zero-order chi connectivity index (χ0) is 12.3. The molecule has 1 amide bonds. The zero-order valence-electron chi connectivity index (χ0n) is 9.65. The van der Waals surface area contributed by atoms with Crippen molar-refractivity contribution in [1.29, 1.82) is 5.26 Å². The van der Waals surface area contributed by atoms with E-state index in [1.54, 1.807) is 4.90 Å². The van der Waals surface area contributed by atoms with Crippen LogP contribution in [0.4, 0.5) is 5.69 Å². The van der Waals surface area contributed by atoms with Gasteiger partial charge in [-0.2, -0.15) is 5.26 Å². The molecule has 0 radical (unpaired) electrons. The summed E-state index contributed by atoms with van der Waals surface area (Å²) in [6.07, 6.45) is 1.65. The molecular formula is C13H15N3O. The van der Waals surface area contributed by atoms with Crippen molar-refractivity contribution in [3.8, 4) is 6.07 Å². The van der Waals surface area contributed by atoms with Gasteiger partial charge in [-0.25, -0.2) is 0 Å². The molecule has 1 aromatic rings. The number of nitriles is 1. The minimum Gasteiger partial charge on any atom is -0.330 e. The van der Waals surface area contributed by atoms with Crippen molar-refractivity contribution < 1.29 is 4.79 Å². The van der Waals surface area contributed by atoms with E-state index in [1.165, 1.54) is 5.56 Å². The Labute approximate surface area is 101 Å². The molecule has 0 aromatic heterocycles. The van der Waals surface area contributed by atoms with E-state index >= 15 is 0 Å². The lowest BCUT2D eigenvalue weighted by molar-refractivity contribution is -0.117. The molecule has 0 aliphatic carbocycles. The van der Waals surface area contributed by atoms with Crippen LogP contribution in [0.2, 0.25) is 0 Å². The fourth-order valence-corrected chi connectivity index (χ4v) is 2.17. The highest BCUT2D eigenvalue weighted by atomic mass is 16.2. The van der Waals surface area contributed by atoms with Gasteiger partial charge in [0, 0.05) is 12.2 Å². The minimum atomic E-state index is 0.0835. The van der Waals surface area contributed by atoms with Gasteiger partial charge in [0.1, 0.15) is 0 Å². The smallest absolute Gasteiger partial charge is 0.231 e. The molecule has 1 aliphatic rings. The Morgan fingerprint density at radius 1 is 1.47 bits per heavy atom. The number of fused-ring (bicyclic) bond motifs is 1. The Balaban J connectivity index is 2.23. The third kappa shape index (κ3) is 2.29. The molecular weight excluding hydrogens is 214 g/mol. The van der Waals surface area contributed by atoms with E-state index in [1.807, 2.05) is 18.2 Å². The van der Waals surface area contributed by atoms with E-state index in [-0.39, 0.29) is 5.91 Å². The summed E-state index contributed by atoms with van der Waals surface area (Å²) in [6.45, 7) is 1.10. The van der Waals surface area contributed by atoms with Gasteiger partial charge in [0.05, 0.1) is 18.9 Å². The molecule has 2 rings (SSSR count). The average molecular weight is 229 g/mol. The molecule has 4 heteroatoms. The van der Waals surface area contributed by atoms with Gasteiger partial charge in [-0.15, -0.1) is 0 Å². The number of nitrogens with zero attached hydrogens (tertiary/aromatic N) is 2. The molecule has 0 atom stereocenters. The number of carbonyl (C=O) groups is 1. The van der Waals surface area contributed by atoms with Crippen LogP contribution in [0.3, 0.4) is 0 Å². The summed E-state index contributed by atoms with van der Waals surface area (Å²) in [5.74, 6) is 0.0835. The van der Waals surface area contributed by atoms with Gasteiger partial charge in [-0.3, -0.25) is 4.79 Å². The van der Waals surface area contributed by atoms with Gasteiger partial charge < -0.3 is 10.6 Å². The summed E-state index contributed by atoms with van der Waals surface area (Å²) in [7, 11) is 0. The molecule has 0 fully saturated rings. The lowest BCUT2D eigenvalue weighted by Gasteiger charge is -2.15. The van der Waals surface area contributed by atoms with Crippen molar-refractivity contribution in [2.45, 2.75) is 19.3 Å². The SMILES string of the molecule is N#CCCN1C(=O)Cc2cc(CCN)ccc21.